The minimum atomic E-state index is -0.298. The number of hydrogen-bond acceptors (Lipinski definition) is 4. The molecule has 1 aliphatic rings. The van der Waals surface area contributed by atoms with Crippen molar-refractivity contribution in [2.24, 2.45) is 7.05 Å². The van der Waals surface area contributed by atoms with Gasteiger partial charge in [-0.25, -0.2) is 4.79 Å². The van der Waals surface area contributed by atoms with Crippen LogP contribution < -0.4 is 10.9 Å². The van der Waals surface area contributed by atoms with E-state index in [-0.39, 0.29) is 5.63 Å². The molecule has 3 heterocycles. The molecule has 1 fully saturated rings. The van der Waals surface area contributed by atoms with Crippen LogP contribution in [-0.2, 0) is 7.05 Å². The van der Waals surface area contributed by atoms with E-state index in [1.54, 1.807) is 4.68 Å². The third-order valence-corrected chi connectivity index (χ3v) is 5.50. The highest BCUT2D eigenvalue weighted by Gasteiger charge is 2.16. The lowest BCUT2D eigenvalue weighted by molar-refractivity contribution is 0.460. The van der Waals surface area contributed by atoms with Gasteiger partial charge in [0.1, 0.15) is 5.58 Å². The number of fused-ring (bicyclic) bond motifs is 2. The Kier molecular flexibility index (Phi) is 3.83. The molecule has 5 nitrogen and oxygen atoms in total. The third-order valence-electron chi connectivity index (χ3n) is 5.50. The van der Waals surface area contributed by atoms with Crippen LogP contribution in [0.25, 0.3) is 33.0 Å². The van der Waals surface area contributed by atoms with Crippen molar-refractivity contribution in [3.63, 3.8) is 0 Å². The van der Waals surface area contributed by atoms with Crippen LogP contribution in [-0.4, -0.2) is 22.9 Å². The van der Waals surface area contributed by atoms with E-state index in [0.717, 1.165) is 47.8 Å². The standard InChI is InChI=1S/C22H21N3O2/c1-25-13-18-10-16(4-5-20(18)24-25)19-11-17-3-2-15(12-21(17)27-22(19)26)14-6-8-23-9-7-14/h2-5,10-14,23H,6-9H2,1H3. The molecule has 4 aromatic rings. The maximum Gasteiger partial charge on any atom is 0.344 e. The molecule has 0 radical (unpaired) electrons. The Hall–Kier alpha value is -2.92. The summed E-state index contributed by atoms with van der Waals surface area (Å²) in [6.45, 7) is 2.09. The lowest BCUT2D eigenvalue weighted by atomic mass is 9.90. The Morgan fingerprint density at radius 2 is 1.93 bits per heavy atom. The SMILES string of the molecule is Cn1cc2cc(-c3cc4ccc(C5CCNCC5)cc4oc3=O)ccc2n1. The van der Waals surface area contributed by atoms with Crippen LogP contribution in [0, 0.1) is 0 Å². The second-order valence-electron chi connectivity index (χ2n) is 7.35. The van der Waals surface area contributed by atoms with Crippen molar-refractivity contribution in [1.82, 2.24) is 15.1 Å². The van der Waals surface area contributed by atoms with E-state index >= 15 is 0 Å². The highest BCUT2D eigenvalue weighted by molar-refractivity contribution is 5.87. The Labute approximate surface area is 156 Å². The summed E-state index contributed by atoms with van der Waals surface area (Å²) in [6, 6.07) is 14.1. The van der Waals surface area contributed by atoms with Crippen LogP contribution in [0.5, 0.6) is 0 Å². The van der Waals surface area contributed by atoms with E-state index in [1.807, 2.05) is 43.6 Å². The van der Waals surface area contributed by atoms with Crippen LogP contribution in [0.2, 0.25) is 0 Å². The van der Waals surface area contributed by atoms with Gasteiger partial charge in [0.25, 0.3) is 0 Å². The Bertz CT molecular complexity index is 1200. The van der Waals surface area contributed by atoms with Gasteiger partial charge < -0.3 is 9.73 Å². The van der Waals surface area contributed by atoms with Crippen molar-refractivity contribution in [3.05, 3.63) is 64.6 Å². The van der Waals surface area contributed by atoms with E-state index in [2.05, 4.69) is 22.5 Å². The number of piperidine rings is 1. The molecular formula is C22H21N3O2. The number of nitrogens with zero attached hydrogens (tertiary/aromatic N) is 2. The monoisotopic (exact) mass is 359 g/mol. The number of hydrogen-bond donors (Lipinski definition) is 1. The Morgan fingerprint density at radius 3 is 2.78 bits per heavy atom. The first kappa shape index (κ1) is 16.3. The maximum atomic E-state index is 12.7. The summed E-state index contributed by atoms with van der Waals surface area (Å²) in [6.07, 6.45) is 4.20. The molecule has 2 aromatic carbocycles. The molecule has 0 aliphatic carbocycles. The van der Waals surface area contributed by atoms with Gasteiger partial charge in [-0.1, -0.05) is 18.2 Å². The minimum Gasteiger partial charge on any atom is -0.422 e. The van der Waals surface area contributed by atoms with Crippen molar-refractivity contribution in [3.8, 4) is 11.1 Å². The average Bonchev–Trinajstić information content (AvgIpc) is 3.07. The first-order valence-corrected chi connectivity index (χ1v) is 9.40. The zero-order valence-electron chi connectivity index (χ0n) is 15.2. The van der Waals surface area contributed by atoms with Crippen LogP contribution >= 0.6 is 0 Å². The first-order chi connectivity index (χ1) is 13.2. The van der Waals surface area contributed by atoms with Gasteiger partial charge in [0, 0.05) is 24.0 Å². The van der Waals surface area contributed by atoms with Gasteiger partial charge in [-0.05, 0) is 67.2 Å². The number of aromatic nitrogens is 2. The minimum absolute atomic E-state index is 0.298. The van der Waals surface area contributed by atoms with E-state index in [1.165, 1.54) is 5.56 Å². The fourth-order valence-electron chi connectivity index (χ4n) is 4.05. The molecule has 136 valence electrons. The molecule has 0 bridgehead atoms. The van der Waals surface area contributed by atoms with E-state index < -0.39 is 0 Å². The lowest BCUT2D eigenvalue weighted by Gasteiger charge is -2.23. The summed E-state index contributed by atoms with van der Waals surface area (Å²) in [4.78, 5) is 12.7. The molecule has 0 saturated carbocycles. The quantitative estimate of drug-likeness (QED) is 0.553. The van der Waals surface area contributed by atoms with Crippen LogP contribution in [0.1, 0.15) is 24.3 Å². The third kappa shape index (κ3) is 2.94. The van der Waals surface area contributed by atoms with Crippen LogP contribution in [0.15, 0.2) is 57.9 Å². The molecule has 0 spiro atoms. The van der Waals surface area contributed by atoms with Crippen molar-refractivity contribution in [1.29, 1.82) is 0 Å². The highest BCUT2D eigenvalue weighted by atomic mass is 16.4. The molecule has 2 aromatic heterocycles. The molecule has 0 unspecified atom stereocenters. The average molecular weight is 359 g/mol. The van der Waals surface area contributed by atoms with E-state index in [9.17, 15) is 4.79 Å². The van der Waals surface area contributed by atoms with Gasteiger partial charge in [-0.2, -0.15) is 5.10 Å². The molecule has 5 heteroatoms. The summed E-state index contributed by atoms with van der Waals surface area (Å²) in [5, 5.41) is 9.74. The summed E-state index contributed by atoms with van der Waals surface area (Å²) < 4.78 is 7.48. The molecule has 27 heavy (non-hydrogen) atoms. The van der Waals surface area contributed by atoms with Crippen molar-refractivity contribution in [2.45, 2.75) is 18.8 Å². The zero-order chi connectivity index (χ0) is 18.4. The van der Waals surface area contributed by atoms with E-state index in [4.69, 9.17) is 4.42 Å². The Morgan fingerprint density at radius 1 is 1.07 bits per heavy atom. The summed E-state index contributed by atoms with van der Waals surface area (Å²) in [5.74, 6) is 0.536. The van der Waals surface area contributed by atoms with E-state index in [0.29, 0.717) is 17.1 Å². The summed E-state index contributed by atoms with van der Waals surface area (Å²) in [5.41, 5.74) is 3.99. The van der Waals surface area contributed by atoms with Crippen LogP contribution in [0.4, 0.5) is 0 Å². The lowest BCUT2D eigenvalue weighted by Crippen LogP contribution is -2.26. The number of benzene rings is 2. The Balaban J connectivity index is 1.58. The molecule has 5 rings (SSSR count). The van der Waals surface area contributed by atoms with Gasteiger partial charge in [0.05, 0.1) is 11.1 Å². The summed E-state index contributed by atoms with van der Waals surface area (Å²) >= 11 is 0. The van der Waals surface area contributed by atoms with Gasteiger partial charge >= 0.3 is 5.63 Å². The molecule has 1 saturated heterocycles. The fourth-order valence-corrected chi connectivity index (χ4v) is 4.05. The molecule has 0 amide bonds. The number of rotatable bonds is 2. The summed E-state index contributed by atoms with van der Waals surface area (Å²) in [7, 11) is 1.89. The molecule has 1 aliphatic heterocycles. The second kappa shape index (κ2) is 6.35. The normalized spacial score (nSPS) is 15.6. The molecule has 0 atom stereocenters. The van der Waals surface area contributed by atoms with Crippen molar-refractivity contribution >= 4 is 21.9 Å². The predicted molar refractivity (Wildman–Crippen MR) is 107 cm³/mol. The van der Waals surface area contributed by atoms with Gasteiger partial charge in [-0.15, -0.1) is 0 Å². The van der Waals surface area contributed by atoms with Crippen molar-refractivity contribution in [2.75, 3.05) is 13.1 Å². The number of aryl methyl sites for hydroxylation is 1. The van der Waals surface area contributed by atoms with Crippen LogP contribution in [0.3, 0.4) is 0 Å². The number of nitrogens with one attached hydrogen (secondary N) is 1. The van der Waals surface area contributed by atoms with Gasteiger partial charge in [0.2, 0.25) is 0 Å². The van der Waals surface area contributed by atoms with Crippen molar-refractivity contribution < 1.29 is 4.42 Å². The fraction of sp³-hybridized carbons (Fsp3) is 0.273. The topological polar surface area (TPSA) is 60.1 Å². The highest BCUT2D eigenvalue weighted by Crippen LogP contribution is 2.29. The first-order valence-electron chi connectivity index (χ1n) is 9.40. The predicted octanol–water partition coefficient (Wildman–Crippen LogP) is 3.81. The second-order valence-corrected chi connectivity index (χ2v) is 7.35. The van der Waals surface area contributed by atoms with Gasteiger partial charge in [0.15, 0.2) is 0 Å². The zero-order valence-corrected chi connectivity index (χ0v) is 15.2. The maximum absolute atomic E-state index is 12.7. The molecular weight excluding hydrogens is 338 g/mol. The largest absolute Gasteiger partial charge is 0.422 e. The van der Waals surface area contributed by atoms with Gasteiger partial charge in [-0.3, -0.25) is 4.68 Å². The molecule has 1 N–H and O–H groups in total. The smallest absolute Gasteiger partial charge is 0.344 e.